The fourth-order valence-corrected chi connectivity index (χ4v) is 2.04. The molecule has 23 heavy (non-hydrogen) atoms. The van der Waals surface area contributed by atoms with E-state index in [-0.39, 0.29) is 12.5 Å². The molecule has 0 saturated heterocycles. The number of hydrogen-bond donors (Lipinski definition) is 1. The number of hydrazone groups is 1. The lowest BCUT2D eigenvalue weighted by Gasteiger charge is -2.15. The number of para-hydroxylation sites is 1. The van der Waals surface area contributed by atoms with E-state index in [1.807, 2.05) is 36.4 Å². The van der Waals surface area contributed by atoms with Gasteiger partial charge in [-0.3, -0.25) is 9.78 Å². The van der Waals surface area contributed by atoms with E-state index in [4.69, 9.17) is 4.74 Å². The number of rotatable bonds is 7. The molecule has 1 amide bonds. The third kappa shape index (κ3) is 5.21. The number of aromatic nitrogens is 1. The van der Waals surface area contributed by atoms with Crippen LogP contribution in [0.2, 0.25) is 0 Å². The number of nitrogens with one attached hydrogen (secondary N) is 1. The summed E-state index contributed by atoms with van der Waals surface area (Å²) in [5.41, 5.74) is 4.22. The Balaban J connectivity index is 1.86. The van der Waals surface area contributed by atoms with Gasteiger partial charge in [0, 0.05) is 6.20 Å². The molecule has 5 nitrogen and oxygen atoms in total. The zero-order valence-corrected chi connectivity index (χ0v) is 13.4. The van der Waals surface area contributed by atoms with E-state index in [0.29, 0.717) is 11.6 Å². The van der Waals surface area contributed by atoms with Crippen molar-refractivity contribution in [1.82, 2.24) is 10.4 Å². The summed E-state index contributed by atoms with van der Waals surface area (Å²) in [5, 5.41) is 3.86. The summed E-state index contributed by atoms with van der Waals surface area (Å²) < 4.78 is 5.62. The molecule has 0 radical (unpaired) electrons. The molecule has 1 heterocycles. The van der Waals surface area contributed by atoms with E-state index < -0.39 is 0 Å². The van der Waals surface area contributed by atoms with E-state index in [1.165, 1.54) is 6.21 Å². The van der Waals surface area contributed by atoms with Gasteiger partial charge in [0.2, 0.25) is 0 Å². The van der Waals surface area contributed by atoms with Gasteiger partial charge in [0.05, 0.1) is 11.9 Å². The Morgan fingerprint density at radius 2 is 2.09 bits per heavy atom. The molecule has 1 aromatic heterocycles. The Kier molecular flexibility index (Phi) is 6.29. The van der Waals surface area contributed by atoms with E-state index in [9.17, 15) is 4.79 Å². The Morgan fingerprint density at radius 1 is 1.30 bits per heavy atom. The van der Waals surface area contributed by atoms with Crippen molar-refractivity contribution >= 4 is 12.1 Å². The van der Waals surface area contributed by atoms with Crippen LogP contribution in [0.1, 0.15) is 37.4 Å². The van der Waals surface area contributed by atoms with Crippen LogP contribution in [0.5, 0.6) is 5.75 Å². The second kappa shape index (κ2) is 8.68. The van der Waals surface area contributed by atoms with Crippen LogP contribution in [0.25, 0.3) is 0 Å². The number of amides is 1. The largest absolute Gasteiger partial charge is 0.483 e. The summed E-state index contributed by atoms with van der Waals surface area (Å²) in [6.07, 6.45) is 4.17. The Bertz CT molecular complexity index is 656. The fourth-order valence-electron chi connectivity index (χ4n) is 2.04. The zero-order chi connectivity index (χ0) is 16.5. The van der Waals surface area contributed by atoms with Crippen LogP contribution < -0.4 is 10.2 Å². The van der Waals surface area contributed by atoms with Gasteiger partial charge in [-0.05, 0) is 36.1 Å². The van der Waals surface area contributed by atoms with Gasteiger partial charge in [0.15, 0.2) is 6.61 Å². The monoisotopic (exact) mass is 311 g/mol. The highest BCUT2D eigenvalue weighted by atomic mass is 16.5. The number of benzene rings is 1. The molecular weight excluding hydrogens is 290 g/mol. The highest BCUT2D eigenvalue weighted by Gasteiger charge is 2.10. The van der Waals surface area contributed by atoms with Crippen LogP contribution >= 0.6 is 0 Å². The smallest absolute Gasteiger partial charge is 0.277 e. The standard InChI is InChI=1S/C18H21N3O2/c1-3-14(2)16-9-4-5-10-17(16)23-13-18(22)21-20-12-15-8-6-7-11-19-15/h4-12,14H,3,13H2,1-2H3,(H,21,22). The normalized spacial score (nSPS) is 12.1. The first-order valence-corrected chi connectivity index (χ1v) is 7.65. The SMILES string of the molecule is CCC(C)c1ccccc1OCC(=O)NN=Cc1ccccn1. The minimum atomic E-state index is -0.309. The maximum Gasteiger partial charge on any atom is 0.277 e. The fraction of sp³-hybridized carbons (Fsp3) is 0.278. The first-order chi connectivity index (χ1) is 11.2. The number of carbonyl (C=O) groups is 1. The quantitative estimate of drug-likeness (QED) is 0.631. The van der Waals surface area contributed by atoms with Crippen LogP contribution in [0.3, 0.4) is 0 Å². The predicted molar refractivity (Wildman–Crippen MR) is 90.6 cm³/mol. The molecule has 0 bridgehead atoms. The molecule has 2 rings (SSSR count). The molecule has 120 valence electrons. The summed E-state index contributed by atoms with van der Waals surface area (Å²) in [4.78, 5) is 15.9. The number of nitrogens with zero attached hydrogens (tertiary/aromatic N) is 2. The molecule has 0 fully saturated rings. The van der Waals surface area contributed by atoms with Crippen molar-refractivity contribution in [3.05, 3.63) is 59.9 Å². The molecular formula is C18H21N3O2. The van der Waals surface area contributed by atoms with Gasteiger partial charge >= 0.3 is 0 Å². The minimum absolute atomic E-state index is 0.0764. The van der Waals surface area contributed by atoms with Crippen molar-refractivity contribution < 1.29 is 9.53 Å². The molecule has 0 spiro atoms. The van der Waals surface area contributed by atoms with Crippen LogP contribution in [-0.2, 0) is 4.79 Å². The summed E-state index contributed by atoms with van der Waals surface area (Å²) in [5.74, 6) is 0.818. The van der Waals surface area contributed by atoms with Gasteiger partial charge in [-0.2, -0.15) is 5.10 Å². The Labute approximate surface area is 136 Å². The first kappa shape index (κ1) is 16.7. The first-order valence-electron chi connectivity index (χ1n) is 7.65. The third-order valence-corrected chi connectivity index (χ3v) is 3.49. The average Bonchev–Trinajstić information content (AvgIpc) is 2.60. The second-order valence-corrected chi connectivity index (χ2v) is 5.18. The average molecular weight is 311 g/mol. The van der Waals surface area contributed by atoms with Crippen molar-refractivity contribution in [3.63, 3.8) is 0 Å². The zero-order valence-electron chi connectivity index (χ0n) is 13.4. The lowest BCUT2D eigenvalue weighted by molar-refractivity contribution is -0.123. The molecule has 0 aliphatic carbocycles. The topological polar surface area (TPSA) is 63.6 Å². The van der Waals surface area contributed by atoms with Crippen molar-refractivity contribution in [2.24, 2.45) is 5.10 Å². The number of pyridine rings is 1. The molecule has 0 saturated carbocycles. The van der Waals surface area contributed by atoms with Gasteiger partial charge in [0.1, 0.15) is 5.75 Å². The lowest BCUT2D eigenvalue weighted by atomic mass is 9.98. The van der Waals surface area contributed by atoms with Crippen LogP contribution in [0.15, 0.2) is 53.8 Å². The summed E-state index contributed by atoms with van der Waals surface area (Å²) in [6.45, 7) is 4.19. The molecule has 1 aromatic carbocycles. The predicted octanol–water partition coefficient (Wildman–Crippen LogP) is 3.12. The number of hydrogen-bond acceptors (Lipinski definition) is 4. The van der Waals surface area contributed by atoms with E-state index in [2.05, 4.69) is 29.4 Å². The van der Waals surface area contributed by atoms with Gasteiger partial charge in [-0.15, -0.1) is 0 Å². The van der Waals surface area contributed by atoms with Crippen molar-refractivity contribution in [3.8, 4) is 5.75 Å². The van der Waals surface area contributed by atoms with Crippen LogP contribution in [0.4, 0.5) is 0 Å². The van der Waals surface area contributed by atoms with E-state index >= 15 is 0 Å². The molecule has 5 heteroatoms. The number of carbonyl (C=O) groups excluding carboxylic acids is 1. The molecule has 1 unspecified atom stereocenters. The van der Waals surface area contributed by atoms with E-state index in [1.54, 1.807) is 12.3 Å². The summed E-state index contributed by atoms with van der Waals surface area (Å²) in [6, 6.07) is 13.3. The van der Waals surface area contributed by atoms with Gasteiger partial charge < -0.3 is 4.74 Å². The van der Waals surface area contributed by atoms with Gasteiger partial charge in [0.25, 0.3) is 5.91 Å². The Morgan fingerprint density at radius 3 is 2.83 bits per heavy atom. The summed E-state index contributed by atoms with van der Waals surface area (Å²) in [7, 11) is 0. The maximum atomic E-state index is 11.8. The second-order valence-electron chi connectivity index (χ2n) is 5.18. The third-order valence-electron chi connectivity index (χ3n) is 3.49. The Hall–Kier alpha value is -2.69. The molecule has 2 aromatic rings. The van der Waals surface area contributed by atoms with Crippen molar-refractivity contribution in [1.29, 1.82) is 0 Å². The molecule has 0 aliphatic rings. The molecule has 1 atom stereocenters. The minimum Gasteiger partial charge on any atom is -0.483 e. The van der Waals surface area contributed by atoms with Gasteiger partial charge in [-0.25, -0.2) is 5.43 Å². The molecule has 0 aliphatic heterocycles. The van der Waals surface area contributed by atoms with Crippen molar-refractivity contribution in [2.75, 3.05) is 6.61 Å². The highest BCUT2D eigenvalue weighted by molar-refractivity contribution is 5.81. The number of ether oxygens (including phenoxy) is 1. The van der Waals surface area contributed by atoms with Crippen LogP contribution in [-0.4, -0.2) is 23.7 Å². The maximum absolute atomic E-state index is 11.8. The van der Waals surface area contributed by atoms with E-state index in [0.717, 1.165) is 17.7 Å². The van der Waals surface area contributed by atoms with Crippen molar-refractivity contribution in [2.45, 2.75) is 26.2 Å². The van der Waals surface area contributed by atoms with Gasteiger partial charge in [-0.1, -0.05) is 38.1 Å². The van der Waals surface area contributed by atoms with Crippen LogP contribution in [0, 0.1) is 0 Å². The molecule has 1 N–H and O–H groups in total. The lowest BCUT2D eigenvalue weighted by Crippen LogP contribution is -2.25. The highest BCUT2D eigenvalue weighted by Crippen LogP contribution is 2.28. The summed E-state index contributed by atoms with van der Waals surface area (Å²) >= 11 is 0.